The van der Waals surface area contributed by atoms with E-state index in [1.54, 1.807) is 10.4 Å². The van der Waals surface area contributed by atoms with Crippen molar-refractivity contribution in [2.75, 3.05) is 0 Å². The average molecular weight is 955 g/mol. The van der Waals surface area contributed by atoms with E-state index in [2.05, 4.69) is 208 Å². The first-order valence-electron chi connectivity index (χ1n) is 25.1. The van der Waals surface area contributed by atoms with Gasteiger partial charge in [0.05, 0.1) is 0 Å². The summed E-state index contributed by atoms with van der Waals surface area (Å²) in [7, 11) is -4.98. The van der Waals surface area contributed by atoms with E-state index >= 15 is 0 Å². The van der Waals surface area contributed by atoms with Gasteiger partial charge in [0.25, 0.3) is 0 Å². The van der Waals surface area contributed by atoms with E-state index in [0.29, 0.717) is 0 Å². The van der Waals surface area contributed by atoms with Crippen LogP contribution in [0.1, 0.15) is 0 Å². The standard InChI is InChI=1S/C66H42O4Si2/c1-71(2)55-34-48(46-32-54-58(38-20-8-6-18-36(38)46)40-22-10-14-26-50(40)68-54)63-62(42-24-12-16-28-52(42)69-63)60(55)43-29-30-44-61-56(72(3,4)66(44)65(43)71)33-47(59-41-23-11-15-27-51(41)70-64(59)61)45-31-53-57(37-19-7-5-17-35(37)45)39-21-9-13-25-49(39)67-53/h5-34H,1-4H3. The van der Waals surface area contributed by atoms with Crippen LogP contribution in [0.5, 0.6) is 0 Å². The summed E-state index contributed by atoms with van der Waals surface area (Å²) in [6.07, 6.45) is 0. The molecule has 0 atom stereocenters. The quantitative estimate of drug-likeness (QED) is 0.162. The summed E-state index contributed by atoms with van der Waals surface area (Å²) in [6, 6.07) is 66.4. The fourth-order valence-electron chi connectivity index (χ4n) is 14.0. The maximum Gasteiger partial charge on any atom is 0.143 e. The minimum absolute atomic E-state index is 0.888. The smallest absolute Gasteiger partial charge is 0.143 e. The molecule has 0 saturated carbocycles. The molecule has 2 aliphatic heterocycles. The molecule has 0 spiro atoms. The van der Waals surface area contributed by atoms with Crippen LogP contribution in [-0.4, -0.2) is 16.1 Å². The van der Waals surface area contributed by atoms with Crippen molar-refractivity contribution in [1.82, 2.24) is 0 Å². The first kappa shape index (κ1) is 39.3. The summed E-state index contributed by atoms with van der Waals surface area (Å²) in [5, 5.41) is 20.0. The van der Waals surface area contributed by atoms with Gasteiger partial charge in [-0.3, -0.25) is 0 Å². The Morgan fingerprint density at radius 1 is 0.264 bits per heavy atom. The van der Waals surface area contributed by atoms with E-state index in [-0.39, 0.29) is 0 Å². The van der Waals surface area contributed by atoms with Crippen molar-refractivity contribution in [3.8, 4) is 44.5 Å². The summed E-state index contributed by atoms with van der Waals surface area (Å²) < 4.78 is 27.8. The van der Waals surface area contributed by atoms with Gasteiger partial charge in [-0.15, -0.1) is 0 Å². The molecule has 0 radical (unpaired) electrons. The van der Waals surface area contributed by atoms with Gasteiger partial charge in [-0.1, -0.05) is 172 Å². The molecule has 0 N–H and O–H groups in total. The van der Waals surface area contributed by atoms with Crippen LogP contribution in [0.4, 0.5) is 0 Å². The van der Waals surface area contributed by atoms with Crippen molar-refractivity contribution in [1.29, 1.82) is 0 Å². The Labute approximate surface area is 414 Å². The number of benzene rings is 11. The monoisotopic (exact) mass is 954 g/mol. The van der Waals surface area contributed by atoms with Crippen molar-refractivity contribution in [3.05, 3.63) is 182 Å². The lowest BCUT2D eigenvalue weighted by atomic mass is 9.89. The molecule has 0 bridgehead atoms. The van der Waals surface area contributed by atoms with Gasteiger partial charge in [0, 0.05) is 54.2 Å². The Bertz CT molecular complexity index is 5000. The van der Waals surface area contributed by atoms with Gasteiger partial charge in [-0.2, -0.15) is 0 Å². The van der Waals surface area contributed by atoms with Crippen LogP contribution in [0.15, 0.2) is 200 Å². The van der Waals surface area contributed by atoms with Crippen molar-refractivity contribution >= 4 is 146 Å². The highest BCUT2D eigenvalue weighted by Crippen LogP contribution is 2.51. The molecule has 0 saturated heterocycles. The van der Waals surface area contributed by atoms with Gasteiger partial charge in [0.15, 0.2) is 0 Å². The fourth-order valence-corrected chi connectivity index (χ4v) is 22.4. The lowest BCUT2D eigenvalue weighted by molar-refractivity contribution is 0.668. The molecule has 4 aromatic heterocycles. The summed E-state index contributed by atoms with van der Waals surface area (Å²) in [5.41, 5.74) is 17.2. The Hall–Kier alpha value is -8.43. The Kier molecular flexibility index (Phi) is 7.26. The minimum Gasteiger partial charge on any atom is -0.456 e. The van der Waals surface area contributed by atoms with Crippen LogP contribution in [0.25, 0.3) is 154 Å². The molecule has 0 aliphatic carbocycles. The molecule has 6 heterocycles. The van der Waals surface area contributed by atoms with Crippen molar-refractivity contribution in [3.63, 3.8) is 0 Å². The molecule has 11 aromatic carbocycles. The third-order valence-corrected chi connectivity index (χ3v) is 24.3. The van der Waals surface area contributed by atoms with Crippen LogP contribution < -0.4 is 20.7 Å². The van der Waals surface area contributed by atoms with Crippen LogP contribution in [-0.2, 0) is 0 Å². The molecule has 338 valence electrons. The Balaban J connectivity index is 0.948. The maximum atomic E-state index is 7.22. The number of rotatable bonds is 2. The highest BCUT2D eigenvalue weighted by atomic mass is 28.3. The fraction of sp³-hybridized carbons (Fsp3) is 0.0606. The molecule has 0 fully saturated rings. The molecule has 0 amide bonds. The van der Waals surface area contributed by atoms with Crippen molar-refractivity contribution in [2.45, 2.75) is 26.2 Å². The molecule has 0 unspecified atom stereocenters. The molecule has 6 heteroatoms. The van der Waals surface area contributed by atoms with Crippen LogP contribution >= 0.6 is 0 Å². The third kappa shape index (κ3) is 4.73. The van der Waals surface area contributed by atoms with E-state index in [1.807, 2.05) is 0 Å². The number of para-hydroxylation sites is 4. The second-order valence-electron chi connectivity index (χ2n) is 21.3. The van der Waals surface area contributed by atoms with Gasteiger partial charge < -0.3 is 17.7 Å². The Morgan fingerprint density at radius 2 is 0.639 bits per heavy atom. The van der Waals surface area contributed by atoms with Gasteiger partial charge in [-0.05, 0) is 112 Å². The predicted octanol–water partition coefficient (Wildman–Crippen LogP) is 16.5. The normalized spacial score (nSPS) is 14.6. The van der Waals surface area contributed by atoms with E-state index in [9.17, 15) is 0 Å². The predicted molar refractivity (Wildman–Crippen MR) is 306 cm³/mol. The second kappa shape index (κ2) is 13.3. The molecule has 4 nitrogen and oxygen atoms in total. The molecule has 17 rings (SSSR count). The second-order valence-corrected chi connectivity index (χ2v) is 29.9. The molecule has 15 aromatic rings. The number of fused-ring (bicyclic) bond motifs is 25. The zero-order chi connectivity index (χ0) is 47.5. The SMILES string of the molecule is C[Si]1(C)c2cc(-c3cc4oc5ccccc5c4c4ccccc34)c3c(oc4ccccc43)c2-c2ccc3c(c21)[Si](C)(C)c1cc(-c2cc4oc5ccccc5c4c4ccccc24)c2oc4ccccc4c2c1-3. The van der Waals surface area contributed by atoms with Crippen LogP contribution in [0, 0.1) is 0 Å². The maximum absolute atomic E-state index is 7.22. The molecule has 2 aliphatic rings. The third-order valence-electron chi connectivity index (χ3n) is 17.0. The molecular weight excluding hydrogens is 913 g/mol. The van der Waals surface area contributed by atoms with E-state index in [4.69, 9.17) is 17.7 Å². The van der Waals surface area contributed by atoms with Gasteiger partial charge in [0.1, 0.15) is 60.8 Å². The van der Waals surface area contributed by atoms with Gasteiger partial charge in [-0.25, -0.2) is 0 Å². The first-order valence-corrected chi connectivity index (χ1v) is 31.1. The average Bonchev–Trinajstić information content (AvgIpc) is 4.25. The zero-order valence-corrected chi connectivity index (χ0v) is 42.0. The lowest BCUT2D eigenvalue weighted by Crippen LogP contribution is -2.63. The minimum atomic E-state index is -2.49. The van der Waals surface area contributed by atoms with E-state index in [0.717, 1.165) is 93.5 Å². The first-order chi connectivity index (χ1) is 35.2. The van der Waals surface area contributed by atoms with Crippen molar-refractivity contribution in [2.24, 2.45) is 0 Å². The molecule has 72 heavy (non-hydrogen) atoms. The highest BCUT2D eigenvalue weighted by Gasteiger charge is 2.50. The number of furan rings is 4. The van der Waals surface area contributed by atoms with Gasteiger partial charge >= 0.3 is 0 Å². The summed E-state index contributed by atoms with van der Waals surface area (Å²) in [5.74, 6) is 0. The van der Waals surface area contributed by atoms with Crippen molar-refractivity contribution < 1.29 is 17.7 Å². The van der Waals surface area contributed by atoms with Crippen LogP contribution in [0.2, 0.25) is 26.2 Å². The zero-order valence-electron chi connectivity index (χ0n) is 40.0. The number of hydrogen-bond donors (Lipinski definition) is 0. The topological polar surface area (TPSA) is 52.6 Å². The lowest BCUT2D eigenvalue weighted by Gasteiger charge is -2.28. The highest BCUT2D eigenvalue weighted by molar-refractivity contribution is 7.13. The molecular formula is C66H42O4Si2. The van der Waals surface area contributed by atoms with E-state index in [1.165, 1.54) is 70.7 Å². The van der Waals surface area contributed by atoms with Gasteiger partial charge in [0.2, 0.25) is 0 Å². The summed E-state index contributed by atoms with van der Waals surface area (Å²) in [6.45, 7) is 10.4. The van der Waals surface area contributed by atoms with E-state index < -0.39 is 16.1 Å². The summed E-state index contributed by atoms with van der Waals surface area (Å²) >= 11 is 0. The number of hydrogen-bond acceptors (Lipinski definition) is 4. The Morgan fingerprint density at radius 3 is 1.17 bits per heavy atom. The largest absolute Gasteiger partial charge is 0.456 e. The summed E-state index contributed by atoms with van der Waals surface area (Å²) in [4.78, 5) is 0. The van der Waals surface area contributed by atoms with Crippen LogP contribution in [0.3, 0.4) is 0 Å².